The molecule has 0 bridgehead atoms. The van der Waals surface area contributed by atoms with Crippen LogP contribution in [0.2, 0.25) is 0 Å². The maximum atomic E-state index is 11.8. The van der Waals surface area contributed by atoms with E-state index in [1.54, 1.807) is 7.05 Å². The van der Waals surface area contributed by atoms with Crippen molar-refractivity contribution in [2.75, 3.05) is 18.9 Å². The first kappa shape index (κ1) is 21.0. The van der Waals surface area contributed by atoms with Gasteiger partial charge in [0.15, 0.2) is 0 Å². The summed E-state index contributed by atoms with van der Waals surface area (Å²) in [5.74, 6) is -0.530. The number of anilines is 1. The summed E-state index contributed by atoms with van der Waals surface area (Å²) in [6, 6.07) is -0.227. The molecule has 0 spiro atoms. The van der Waals surface area contributed by atoms with Crippen molar-refractivity contribution in [1.82, 2.24) is 14.7 Å². The number of hydrogen-bond donors (Lipinski definition) is 2. The van der Waals surface area contributed by atoms with Crippen LogP contribution in [0.5, 0.6) is 0 Å². The zero-order chi connectivity index (χ0) is 19.1. The monoisotopic (exact) mass is 423 g/mol. The highest BCUT2D eigenvalue weighted by Crippen LogP contribution is 2.20. The molecule has 4 N–H and O–H groups in total. The van der Waals surface area contributed by atoms with Crippen LogP contribution in [0.4, 0.5) is 14.6 Å². The summed E-state index contributed by atoms with van der Waals surface area (Å²) in [5.41, 5.74) is 10.7. The Morgan fingerprint density at radius 2 is 2.20 bits per heavy atom. The molecule has 2 amide bonds. The third-order valence-corrected chi connectivity index (χ3v) is 4.10. The predicted molar refractivity (Wildman–Crippen MR) is 90.7 cm³/mol. The Hall–Kier alpha value is -2.01. The summed E-state index contributed by atoms with van der Waals surface area (Å²) in [7, 11) is 1.63. The van der Waals surface area contributed by atoms with Gasteiger partial charge in [-0.3, -0.25) is 14.3 Å². The second-order valence-corrected chi connectivity index (χ2v) is 5.92. The number of primary amides is 1. The lowest BCUT2D eigenvalue weighted by molar-refractivity contribution is -0.146. The lowest BCUT2D eigenvalue weighted by atomic mass is 10.2. The molecule has 1 aromatic rings. The molecule has 1 fully saturated rings. The van der Waals surface area contributed by atoms with Crippen LogP contribution >= 0.6 is 15.9 Å². The molecule has 0 radical (unpaired) electrons. The number of likely N-dealkylation sites (tertiary alicyclic amines) is 1. The first-order chi connectivity index (χ1) is 11.7. The number of amides is 2. The van der Waals surface area contributed by atoms with Gasteiger partial charge in [-0.05, 0) is 34.8 Å². The van der Waals surface area contributed by atoms with E-state index in [0.717, 1.165) is 6.42 Å². The molecule has 1 aliphatic heterocycles. The van der Waals surface area contributed by atoms with Gasteiger partial charge in [0.25, 0.3) is 5.91 Å². The normalized spacial score (nSPS) is 16.5. The van der Waals surface area contributed by atoms with Gasteiger partial charge in [0, 0.05) is 13.6 Å². The van der Waals surface area contributed by atoms with E-state index in [1.807, 2.05) is 0 Å². The minimum absolute atomic E-state index is 0.1000. The molecule has 0 saturated carbocycles. The number of nitrogens with zero attached hydrogens (tertiary/aromatic N) is 3. The molecule has 2 rings (SSSR count). The van der Waals surface area contributed by atoms with Crippen LogP contribution in [-0.2, 0) is 16.6 Å². The Bertz CT molecular complexity index is 638. The van der Waals surface area contributed by atoms with Gasteiger partial charge in [-0.15, -0.1) is 0 Å². The summed E-state index contributed by atoms with van der Waals surface area (Å²) in [6.45, 7) is 1.09. The number of carbonyl (C=O) groups is 2. The minimum Gasteiger partial charge on any atom is -0.383 e. The molecule has 1 unspecified atom stereocenters. The van der Waals surface area contributed by atoms with E-state index >= 15 is 0 Å². The van der Waals surface area contributed by atoms with Crippen molar-refractivity contribution in [3.05, 3.63) is 22.8 Å². The van der Waals surface area contributed by atoms with Gasteiger partial charge in [-0.2, -0.15) is 13.9 Å². The van der Waals surface area contributed by atoms with E-state index in [-0.39, 0.29) is 29.9 Å². The van der Waals surface area contributed by atoms with E-state index in [4.69, 9.17) is 11.5 Å². The number of halogens is 3. The lowest BCUT2D eigenvalue weighted by Gasteiger charge is -2.22. The van der Waals surface area contributed by atoms with Crippen LogP contribution in [0.3, 0.4) is 0 Å². The molecule has 0 aromatic carbocycles. The first-order valence-corrected chi connectivity index (χ1v) is 8.08. The van der Waals surface area contributed by atoms with Crippen molar-refractivity contribution in [3.8, 4) is 0 Å². The van der Waals surface area contributed by atoms with Crippen molar-refractivity contribution in [3.63, 3.8) is 0 Å². The summed E-state index contributed by atoms with van der Waals surface area (Å²) in [6.07, 6.45) is 2.74. The van der Waals surface area contributed by atoms with Crippen LogP contribution in [0.15, 0.2) is 17.3 Å². The Morgan fingerprint density at radius 1 is 1.56 bits per heavy atom. The third-order valence-electron chi connectivity index (χ3n) is 3.54. The highest BCUT2D eigenvalue weighted by molar-refractivity contribution is 9.10. The number of carbonyl (C=O) groups excluding carboxylic acids is 2. The van der Waals surface area contributed by atoms with Gasteiger partial charge < -0.3 is 21.1 Å². The average Bonchev–Trinajstić information content (AvgIpc) is 3.09. The molecule has 25 heavy (non-hydrogen) atoms. The van der Waals surface area contributed by atoms with Gasteiger partial charge in [-0.1, -0.05) is 6.58 Å². The van der Waals surface area contributed by atoms with E-state index in [1.165, 1.54) is 15.7 Å². The fraction of sp³-hybridized carbons (Fsp3) is 0.500. The SMILES string of the molecule is C=CC(=O)N1CCCC1COC(F)F.Cn1nc(Br)c(C(N)=O)c1N. The Morgan fingerprint density at radius 3 is 2.60 bits per heavy atom. The Labute approximate surface area is 151 Å². The van der Waals surface area contributed by atoms with Crippen molar-refractivity contribution in [2.24, 2.45) is 12.8 Å². The van der Waals surface area contributed by atoms with Gasteiger partial charge in [0.05, 0.1) is 12.6 Å². The van der Waals surface area contributed by atoms with Crippen molar-refractivity contribution in [1.29, 1.82) is 0 Å². The Balaban J connectivity index is 0.000000257. The molecular formula is C14H20BrF2N5O3. The lowest BCUT2D eigenvalue weighted by Crippen LogP contribution is -2.37. The molecule has 1 aromatic heterocycles. The van der Waals surface area contributed by atoms with Crippen LogP contribution in [-0.4, -0.2) is 52.3 Å². The number of aryl methyl sites for hydroxylation is 1. The smallest absolute Gasteiger partial charge is 0.345 e. The fourth-order valence-electron chi connectivity index (χ4n) is 2.33. The highest BCUT2D eigenvalue weighted by Gasteiger charge is 2.28. The van der Waals surface area contributed by atoms with Crippen LogP contribution in [0, 0.1) is 0 Å². The van der Waals surface area contributed by atoms with Crippen LogP contribution in [0.1, 0.15) is 23.2 Å². The molecule has 1 saturated heterocycles. The number of nitrogen functional groups attached to an aromatic ring is 1. The van der Waals surface area contributed by atoms with Gasteiger partial charge >= 0.3 is 6.61 Å². The molecule has 140 valence electrons. The predicted octanol–water partition coefficient (Wildman–Crippen LogP) is 1.27. The second kappa shape index (κ2) is 9.47. The molecule has 1 aliphatic rings. The number of nitrogens with two attached hydrogens (primary N) is 2. The van der Waals surface area contributed by atoms with E-state index < -0.39 is 12.5 Å². The molecule has 0 aliphatic carbocycles. The summed E-state index contributed by atoms with van der Waals surface area (Å²) in [5, 5.41) is 3.84. The fourth-order valence-corrected chi connectivity index (χ4v) is 2.97. The zero-order valence-electron chi connectivity index (χ0n) is 13.6. The second-order valence-electron chi connectivity index (χ2n) is 5.16. The largest absolute Gasteiger partial charge is 0.383 e. The molecule has 1 atom stereocenters. The summed E-state index contributed by atoms with van der Waals surface area (Å²) in [4.78, 5) is 23.5. The summed E-state index contributed by atoms with van der Waals surface area (Å²) < 4.78 is 29.5. The number of alkyl halides is 2. The van der Waals surface area contributed by atoms with E-state index in [2.05, 4.69) is 32.3 Å². The van der Waals surface area contributed by atoms with Crippen molar-refractivity contribution >= 4 is 33.6 Å². The van der Waals surface area contributed by atoms with Crippen molar-refractivity contribution < 1.29 is 23.1 Å². The third kappa shape index (κ3) is 5.78. The van der Waals surface area contributed by atoms with E-state index in [0.29, 0.717) is 17.6 Å². The minimum atomic E-state index is -2.77. The quantitative estimate of drug-likeness (QED) is 0.691. The van der Waals surface area contributed by atoms with Crippen molar-refractivity contribution in [2.45, 2.75) is 25.5 Å². The number of aromatic nitrogens is 2. The maximum Gasteiger partial charge on any atom is 0.345 e. The number of hydrogen-bond acceptors (Lipinski definition) is 5. The zero-order valence-corrected chi connectivity index (χ0v) is 15.2. The average molecular weight is 424 g/mol. The Kier molecular flexibility index (Phi) is 7.97. The number of ether oxygens (including phenoxy) is 1. The standard InChI is InChI=1S/C9H13F2NO2.C5H7BrN4O/c1-2-8(13)12-5-3-4-7(12)6-14-9(10)11;1-10-4(7)2(5(8)11)3(6)9-10/h2,7,9H,1,3-6H2;7H2,1H3,(H2,8,11). The van der Waals surface area contributed by atoms with E-state index in [9.17, 15) is 18.4 Å². The van der Waals surface area contributed by atoms with Gasteiger partial charge in [0.2, 0.25) is 5.91 Å². The molecule has 8 nitrogen and oxygen atoms in total. The number of rotatable bonds is 5. The molecule has 11 heteroatoms. The van der Waals surface area contributed by atoms with Gasteiger partial charge in [0.1, 0.15) is 16.0 Å². The topological polar surface area (TPSA) is 116 Å². The molecular weight excluding hydrogens is 404 g/mol. The maximum absolute atomic E-state index is 11.8. The van der Waals surface area contributed by atoms with Gasteiger partial charge in [-0.25, -0.2) is 0 Å². The van der Waals surface area contributed by atoms with Crippen LogP contribution < -0.4 is 11.5 Å². The van der Waals surface area contributed by atoms with Crippen LogP contribution in [0.25, 0.3) is 0 Å². The highest BCUT2D eigenvalue weighted by atomic mass is 79.9. The summed E-state index contributed by atoms with van der Waals surface area (Å²) >= 11 is 3.06. The molecule has 2 heterocycles. The first-order valence-electron chi connectivity index (χ1n) is 7.29.